The summed E-state index contributed by atoms with van der Waals surface area (Å²) < 4.78 is 1.56. The van der Waals surface area contributed by atoms with Crippen LogP contribution in [-0.2, 0) is 0 Å². The Labute approximate surface area is 146 Å². The first-order valence-electron chi connectivity index (χ1n) is 6.49. The van der Waals surface area contributed by atoms with Crippen molar-refractivity contribution in [3.63, 3.8) is 0 Å². The first-order chi connectivity index (χ1) is 10.7. The van der Waals surface area contributed by atoms with Crippen LogP contribution in [0.3, 0.4) is 0 Å². The fourth-order valence-corrected chi connectivity index (χ4v) is 4.34. The van der Waals surface area contributed by atoms with Crippen molar-refractivity contribution in [2.75, 3.05) is 17.3 Å². The highest BCUT2D eigenvalue weighted by Gasteiger charge is 2.12. The molecular formula is C14H13ClN4S3. The molecule has 2 heterocycles. The molecule has 3 rings (SSSR count). The Balaban J connectivity index is 1.53. The Morgan fingerprint density at radius 3 is 2.59 bits per heavy atom. The Morgan fingerprint density at radius 2 is 1.86 bits per heavy atom. The highest BCUT2D eigenvalue weighted by Crippen LogP contribution is 2.26. The van der Waals surface area contributed by atoms with Crippen LogP contribution in [0.25, 0.3) is 10.7 Å². The minimum absolute atomic E-state index is 0.711. The van der Waals surface area contributed by atoms with Gasteiger partial charge in [-0.1, -0.05) is 29.4 Å². The minimum atomic E-state index is 0.711. The van der Waals surface area contributed by atoms with Crippen molar-refractivity contribution in [1.82, 2.24) is 14.9 Å². The van der Waals surface area contributed by atoms with Gasteiger partial charge in [0.2, 0.25) is 5.16 Å². The summed E-state index contributed by atoms with van der Waals surface area (Å²) in [4.78, 5) is 2.23. The van der Waals surface area contributed by atoms with Gasteiger partial charge < -0.3 is 5.84 Å². The van der Waals surface area contributed by atoms with Gasteiger partial charge in [-0.25, -0.2) is 4.68 Å². The standard InChI is InChI=1S/C14H13ClN4S3/c15-10-3-5-11(6-4-10)20-8-9-22-14-18-17-13(19(14)16)12-2-1-7-21-12/h1-7H,8-9,16H2. The van der Waals surface area contributed by atoms with E-state index in [-0.39, 0.29) is 0 Å². The molecule has 4 nitrogen and oxygen atoms in total. The summed E-state index contributed by atoms with van der Waals surface area (Å²) in [5.41, 5.74) is 0. The van der Waals surface area contributed by atoms with E-state index in [9.17, 15) is 0 Å². The van der Waals surface area contributed by atoms with Crippen molar-refractivity contribution in [2.24, 2.45) is 0 Å². The summed E-state index contributed by atoms with van der Waals surface area (Å²) in [6.07, 6.45) is 0. The molecule has 114 valence electrons. The first-order valence-corrected chi connectivity index (χ1v) is 9.72. The van der Waals surface area contributed by atoms with E-state index in [4.69, 9.17) is 17.4 Å². The molecule has 0 aliphatic rings. The summed E-state index contributed by atoms with van der Waals surface area (Å²) in [6.45, 7) is 0. The zero-order valence-corrected chi connectivity index (χ0v) is 14.7. The number of nitrogens with two attached hydrogens (primary N) is 1. The first kappa shape index (κ1) is 15.7. The Kier molecular flexibility index (Phi) is 5.30. The van der Waals surface area contributed by atoms with Gasteiger partial charge in [-0.2, -0.15) is 0 Å². The van der Waals surface area contributed by atoms with E-state index < -0.39 is 0 Å². The molecule has 2 N–H and O–H groups in total. The van der Waals surface area contributed by atoms with Crippen molar-refractivity contribution in [3.05, 3.63) is 46.8 Å². The van der Waals surface area contributed by atoms with E-state index in [1.165, 1.54) is 4.90 Å². The van der Waals surface area contributed by atoms with Crippen LogP contribution in [0.5, 0.6) is 0 Å². The van der Waals surface area contributed by atoms with E-state index >= 15 is 0 Å². The molecule has 0 bridgehead atoms. The smallest absolute Gasteiger partial charge is 0.210 e. The number of halogens is 1. The van der Waals surface area contributed by atoms with Gasteiger partial charge in [0.15, 0.2) is 5.82 Å². The van der Waals surface area contributed by atoms with E-state index in [0.29, 0.717) is 5.82 Å². The van der Waals surface area contributed by atoms with Gasteiger partial charge in [0, 0.05) is 21.4 Å². The van der Waals surface area contributed by atoms with Crippen LogP contribution in [0, 0.1) is 0 Å². The second kappa shape index (κ2) is 7.41. The molecule has 0 aliphatic heterocycles. The predicted octanol–water partition coefficient (Wildman–Crippen LogP) is 4.26. The lowest BCUT2D eigenvalue weighted by Gasteiger charge is -2.03. The monoisotopic (exact) mass is 368 g/mol. The van der Waals surface area contributed by atoms with Crippen molar-refractivity contribution in [1.29, 1.82) is 0 Å². The molecule has 0 atom stereocenters. The zero-order valence-electron chi connectivity index (χ0n) is 11.5. The fourth-order valence-electron chi connectivity index (χ4n) is 1.77. The van der Waals surface area contributed by atoms with Crippen molar-refractivity contribution in [2.45, 2.75) is 10.1 Å². The topological polar surface area (TPSA) is 56.7 Å². The Morgan fingerprint density at radius 1 is 1.09 bits per heavy atom. The number of hydrogen-bond acceptors (Lipinski definition) is 6. The molecule has 0 radical (unpaired) electrons. The summed E-state index contributed by atoms with van der Waals surface area (Å²) >= 11 is 10.9. The van der Waals surface area contributed by atoms with Gasteiger partial charge in [-0.3, -0.25) is 0 Å². The van der Waals surface area contributed by atoms with Crippen LogP contribution in [0.1, 0.15) is 0 Å². The average Bonchev–Trinajstić information content (AvgIpc) is 3.16. The van der Waals surface area contributed by atoms with Gasteiger partial charge >= 0.3 is 0 Å². The number of nitrogen functional groups attached to an aromatic ring is 1. The van der Waals surface area contributed by atoms with Crippen molar-refractivity contribution < 1.29 is 0 Å². The normalized spacial score (nSPS) is 11.0. The molecule has 8 heteroatoms. The van der Waals surface area contributed by atoms with E-state index in [1.807, 2.05) is 41.8 Å². The third-order valence-corrected chi connectivity index (χ3v) is 6.14. The molecule has 2 aromatic heterocycles. The lowest BCUT2D eigenvalue weighted by atomic mass is 10.4. The molecule has 0 saturated carbocycles. The van der Waals surface area contributed by atoms with Crippen molar-refractivity contribution >= 4 is 46.5 Å². The maximum absolute atomic E-state index is 6.06. The number of benzene rings is 1. The van der Waals surface area contributed by atoms with Gasteiger partial charge in [0.25, 0.3) is 0 Å². The van der Waals surface area contributed by atoms with E-state index in [0.717, 1.165) is 26.6 Å². The molecule has 3 aromatic rings. The number of hydrogen-bond donors (Lipinski definition) is 1. The number of nitrogens with zero attached hydrogens (tertiary/aromatic N) is 3. The second-order valence-electron chi connectivity index (χ2n) is 4.30. The quantitative estimate of drug-likeness (QED) is 0.400. The third-order valence-electron chi connectivity index (χ3n) is 2.80. The number of aromatic nitrogens is 3. The summed E-state index contributed by atoms with van der Waals surface area (Å²) in [5, 5.41) is 11.8. The Bertz CT molecular complexity index is 725. The SMILES string of the molecule is Nn1c(SCCSc2ccc(Cl)cc2)nnc1-c1cccs1. The van der Waals surface area contributed by atoms with E-state index in [1.54, 1.807) is 39.5 Å². The highest BCUT2D eigenvalue weighted by molar-refractivity contribution is 8.02. The van der Waals surface area contributed by atoms with Crippen LogP contribution in [0.2, 0.25) is 5.02 Å². The fraction of sp³-hybridized carbons (Fsp3) is 0.143. The van der Waals surface area contributed by atoms with Gasteiger partial charge in [-0.15, -0.1) is 33.3 Å². The van der Waals surface area contributed by atoms with Crippen LogP contribution >= 0.6 is 46.5 Å². The molecular weight excluding hydrogens is 356 g/mol. The summed E-state index contributed by atoms with van der Waals surface area (Å²) in [5.74, 6) is 8.65. The molecule has 0 aliphatic carbocycles. The summed E-state index contributed by atoms with van der Waals surface area (Å²) in [6, 6.07) is 11.8. The maximum Gasteiger partial charge on any atom is 0.210 e. The van der Waals surface area contributed by atoms with Gasteiger partial charge in [-0.05, 0) is 35.7 Å². The lowest BCUT2D eigenvalue weighted by Crippen LogP contribution is -2.11. The van der Waals surface area contributed by atoms with Gasteiger partial charge in [0.1, 0.15) is 0 Å². The lowest BCUT2D eigenvalue weighted by molar-refractivity contribution is 0.851. The second-order valence-corrected chi connectivity index (χ2v) is 7.92. The molecule has 0 unspecified atom stereocenters. The third kappa shape index (κ3) is 3.78. The van der Waals surface area contributed by atoms with Crippen LogP contribution < -0.4 is 5.84 Å². The highest BCUT2D eigenvalue weighted by atomic mass is 35.5. The molecule has 0 spiro atoms. The molecule has 0 amide bonds. The average molecular weight is 369 g/mol. The Hall–Kier alpha value is -1.15. The summed E-state index contributed by atoms with van der Waals surface area (Å²) in [7, 11) is 0. The number of thioether (sulfide) groups is 2. The number of thiophene rings is 1. The van der Waals surface area contributed by atoms with Crippen LogP contribution in [0.15, 0.2) is 51.8 Å². The van der Waals surface area contributed by atoms with Gasteiger partial charge in [0.05, 0.1) is 4.88 Å². The maximum atomic E-state index is 6.06. The molecule has 0 saturated heterocycles. The molecule has 1 aromatic carbocycles. The van der Waals surface area contributed by atoms with Crippen LogP contribution in [-0.4, -0.2) is 26.4 Å². The molecule has 22 heavy (non-hydrogen) atoms. The van der Waals surface area contributed by atoms with E-state index in [2.05, 4.69) is 10.2 Å². The van der Waals surface area contributed by atoms with Crippen molar-refractivity contribution in [3.8, 4) is 10.7 Å². The molecule has 0 fully saturated rings. The minimum Gasteiger partial charge on any atom is -0.335 e. The largest absolute Gasteiger partial charge is 0.335 e. The van der Waals surface area contributed by atoms with Crippen LogP contribution in [0.4, 0.5) is 0 Å². The zero-order chi connectivity index (χ0) is 15.4. The number of rotatable bonds is 6. The predicted molar refractivity (Wildman–Crippen MR) is 96.4 cm³/mol.